The van der Waals surface area contributed by atoms with Crippen LogP contribution in [0.3, 0.4) is 0 Å². The number of hydrogen-bond acceptors (Lipinski definition) is 7. The summed E-state index contributed by atoms with van der Waals surface area (Å²) in [5.41, 5.74) is 4.27. The van der Waals surface area contributed by atoms with Gasteiger partial charge in [-0.1, -0.05) is 41.9 Å². The third-order valence-electron chi connectivity index (χ3n) is 6.29. The number of aromatic nitrogens is 4. The van der Waals surface area contributed by atoms with Gasteiger partial charge in [-0.25, -0.2) is 18.4 Å². The smallest absolute Gasteiger partial charge is 0.233 e. The molecular weight excluding hydrogens is 500 g/mol. The maximum Gasteiger partial charge on any atom is 0.233 e. The maximum atomic E-state index is 12.4. The molecule has 2 aromatic heterocycles. The number of halogens is 1. The summed E-state index contributed by atoms with van der Waals surface area (Å²) in [6.45, 7) is 0. The highest BCUT2D eigenvalue weighted by Crippen LogP contribution is 2.41. The molecule has 1 unspecified atom stereocenters. The minimum absolute atomic E-state index is 0.0550. The lowest BCUT2D eigenvalue weighted by atomic mass is 9.97. The Balaban J connectivity index is 1.56. The highest BCUT2D eigenvalue weighted by Gasteiger charge is 2.32. The number of fused-ring (bicyclic) bond motifs is 1. The number of methoxy groups -OCH3 is 1. The van der Waals surface area contributed by atoms with Crippen LogP contribution < -0.4 is 14.4 Å². The summed E-state index contributed by atoms with van der Waals surface area (Å²) in [6, 6.07) is 15.6. The molecule has 1 N–H and O–H groups in total. The molecule has 2 aromatic carbocycles. The Kier molecular flexibility index (Phi) is 6.31. The van der Waals surface area contributed by atoms with E-state index in [0.717, 1.165) is 28.9 Å². The summed E-state index contributed by atoms with van der Waals surface area (Å²) in [4.78, 5) is 13.5. The summed E-state index contributed by atoms with van der Waals surface area (Å²) in [7, 11) is -0.419. The number of imidazole rings is 1. The molecule has 186 valence electrons. The van der Waals surface area contributed by atoms with Crippen LogP contribution in [0.15, 0.2) is 61.1 Å². The first-order valence-corrected chi connectivity index (χ1v) is 13.5. The van der Waals surface area contributed by atoms with E-state index in [4.69, 9.17) is 21.3 Å². The molecule has 5 rings (SSSR count). The molecule has 0 amide bonds. The van der Waals surface area contributed by atoms with Crippen molar-refractivity contribution >= 4 is 39.1 Å². The highest BCUT2D eigenvalue weighted by molar-refractivity contribution is 7.92. The lowest BCUT2D eigenvalue weighted by molar-refractivity contribution is 0.413. The molecule has 0 spiro atoms. The van der Waals surface area contributed by atoms with Gasteiger partial charge in [-0.2, -0.15) is 4.98 Å². The quantitative estimate of drug-likeness (QED) is 0.378. The van der Waals surface area contributed by atoms with Gasteiger partial charge in [0.25, 0.3) is 0 Å². The molecule has 0 fully saturated rings. The Morgan fingerprint density at radius 2 is 1.94 bits per heavy atom. The Labute approximate surface area is 214 Å². The Hall–Kier alpha value is -3.63. The predicted octanol–water partition coefficient (Wildman–Crippen LogP) is 4.54. The van der Waals surface area contributed by atoms with Crippen molar-refractivity contribution in [2.75, 3.05) is 30.0 Å². The fraction of sp³-hybridized carbons (Fsp3) is 0.240. The molecular formula is C25H25ClN6O3S. The number of hydrogen-bond donors (Lipinski definition) is 1. The van der Waals surface area contributed by atoms with Gasteiger partial charge in [0.2, 0.25) is 16.0 Å². The summed E-state index contributed by atoms with van der Waals surface area (Å²) in [5, 5.41) is 3.61. The Morgan fingerprint density at radius 1 is 1.17 bits per heavy atom. The summed E-state index contributed by atoms with van der Waals surface area (Å²) < 4.78 is 33.4. The summed E-state index contributed by atoms with van der Waals surface area (Å²) in [6.07, 6.45) is 5.99. The van der Waals surface area contributed by atoms with Gasteiger partial charge in [-0.3, -0.25) is 4.31 Å². The lowest BCUT2D eigenvalue weighted by Gasteiger charge is -2.21. The van der Waals surface area contributed by atoms with Crippen LogP contribution in [0, 0.1) is 0 Å². The molecule has 11 heteroatoms. The largest absolute Gasteiger partial charge is 0.494 e. The minimum atomic E-state index is -3.52. The summed E-state index contributed by atoms with van der Waals surface area (Å²) in [5.74, 6) is 1.34. The third kappa shape index (κ3) is 4.61. The van der Waals surface area contributed by atoms with E-state index in [1.165, 1.54) is 17.6 Å². The van der Waals surface area contributed by atoms with Crippen LogP contribution in [0.1, 0.15) is 29.2 Å². The van der Waals surface area contributed by atoms with Crippen molar-refractivity contribution in [3.05, 3.63) is 83.0 Å². The van der Waals surface area contributed by atoms with E-state index in [2.05, 4.69) is 27.4 Å². The monoisotopic (exact) mass is 524 g/mol. The minimum Gasteiger partial charge on any atom is -0.494 e. The van der Waals surface area contributed by atoms with Gasteiger partial charge in [0, 0.05) is 36.5 Å². The predicted molar refractivity (Wildman–Crippen MR) is 140 cm³/mol. The first kappa shape index (κ1) is 24.1. The molecule has 1 aliphatic carbocycles. The Bertz CT molecular complexity index is 1520. The van der Waals surface area contributed by atoms with Gasteiger partial charge in [-0.05, 0) is 30.5 Å². The van der Waals surface area contributed by atoms with E-state index in [0.29, 0.717) is 34.8 Å². The fourth-order valence-corrected chi connectivity index (χ4v) is 5.07. The van der Waals surface area contributed by atoms with Crippen molar-refractivity contribution in [1.29, 1.82) is 0 Å². The summed E-state index contributed by atoms with van der Waals surface area (Å²) >= 11 is 5.97. The number of anilines is 3. The molecule has 1 atom stereocenters. The van der Waals surface area contributed by atoms with Gasteiger partial charge in [0.05, 0.1) is 24.7 Å². The number of ether oxygens (including phenoxy) is 1. The van der Waals surface area contributed by atoms with E-state index < -0.39 is 10.0 Å². The van der Waals surface area contributed by atoms with Crippen molar-refractivity contribution in [3.63, 3.8) is 0 Å². The number of nitrogens with zero attached hydrogens (tertiary/aromatic N) is 5. The van der Waals surface area contributed by atoms with Crippen molar-refractivity contribution in [2.45, 2.75) is 18.8 Å². The number of nitrogens with one attached hydrogen (secondary N) is 1. The first-order chi connectivity index (χ1) is 17.2. The number of benzene rings is 2. The second-order valence-corrected chi connectivity index (χ2v) is 11.0. The molecule has 0 aliphatic heterocycles. The standard InChI is InChI=1S/C25H25ClN6O3S/c1-31(36(3,33)34)24-19-11-10-18(16-7-5-4-6-8-16)23(19)29-25(30-24)28-17-9-12-20(21(13-17)35-2)32-14-22(26)27-15-32/h4-9,12-15,18H,10-11H2,1-3H3,(H,28,29,30). The van der Waals surface area contributed by atoms with Crippen molar-refractivity contribution in [1.82, 2.24) is 19.5 Å². The molecule has 0 saturated carbocycles. The Morgan fingerprint density at radius 3 is 2.61 bits per heavy atom. The van der Waals surface area contributed by atoms with Crippen LogP contribution in [-0.4, -0.2) is 48.4 Å². The van der Waals surface area contributed by atoms with Gasteiger partial charge in [0.15, 0.2) is 5.82 Å². The van der Waals surface area contributed by atoms with Crippen LogP contribution >= 0.6 is 11.6 Å². The SMILES string of the molecule is COc1cc(Nc2nc3c(c(N(C)S(C)(=O)=O)n2)CCC3c2ccccc2)ccc1-n1cnc(Cl)c1. The second-order valence-electron chi connectivity index (χ2n) is 8.58. The van der Waals surface area contributed by atoms with Crippen LogP contribution in [0.2, 0.25) is 5.15 Å². The fourth-order valence-electron chi connectivity index (χ4n) is 4.45. The van der Waals surface area contributed by atoms with Crippen LogP contribution in [0.25, 0.3) is 5.69 Å². The molecule has 0 bridgehead atoms. The van der Waals surface area contributed by atoms with Crippen LogP contribution in [0.4, 0.5) is 17.5 Å². The molecule has 0 radical (unpaired) electrons. The molecule has 0 saturated heterocycles. The van der Waals surface area contributed by atoms with Crippen molar-refractivity contribution in [3.8, 4) is 11.4 Å². The van der Waals surface area contributed by atoms with Gasteiger partial charge in [-0.15, -0.1) is 0 Å². The van der Waals surface area contributed by atoms with Crippen LogP contribution in [0.5, 0.6) is 5.75 Å². The zero-order chi connectivity index (χ0) is 25.4. The maximum absolute atomic E-state index is 12.4. The highest BCUT2D eigenvalue weighted by atomic mass is 35.5. The normalized spacial score (nSPS) is 14.9. The van der Waals surface area contributed by atoms with Crippen LogP contribution in [-0.2, 0) is 16.4 Å². The van der Waals surface area contributed by atoms with E-state index in [9.17, 15) is 8.42 Å². The molecule has 1 aliphatic rings. The van der Waals surface area contributed by atoms with Crippen molar-refractivity contribution in [2.24, 2.45) is 0 Å². The first-order valence-electron chi connectivity index (χ1n) is 11.3. The van der Waals surface area contributed by atoms with E-state index in [-0.39, 0.29) is 5.92 Å². The average molecular weight is 525 g/mol. The molecule has 2 heterocycles. The lowest BCUT2D eigenvalue weighted by Crippen LogP contribution is -2.27. The van der Waals surface area contributed by atoms with E-state index >= 15 is 0 Å². The van der Waals surface area contributed by atoms with Crippen molar-refractivity contribution < 1.29 is 13.2 Å². The van der Waals surface area contributed by atoms with E-state index in [1.807, 2.05) is 36.4 Å². The topological polar surface area (TPSA) is 102 Å². The average Bonchev–Trinajstić information content (AvgIpc) is 3.49. The van der Waals surface area contributed by atoms with Gasteiger partial charge >= 0.3 is 0 Å². The zero-order valence-electron chi connectivity index (χ0n) is 20.0. The molecule has 36 heavy (non-hydrogen) atoms. The van der Waals surface area contributed by atoms with Gasteiger partial charge < -0.3 is 14.6 Å². The number of sulfonamides is 1. The zero-order valence-corrected chi connectivity index (χ0v) is 21.6. The third-order valence-corrected chi connectivity index (χ3v) is 7.66. The second kappa shape index (κ2) is 9.44. The number of rotatable bonds is 7. The molecule has 4 aromatic rings. The molecule has 9 nitrogen and oxygen atoms in total. The van der Waals surface area contributed by atoms with Gasteiger partial charge in [0.1, 0.15) is 17.2 Å². The van der Waals surface area contributed by atoms with E-state index in [1.54, 1.807) is 24.2 Å².